The van der Waals surface area contributed by atoms with Crippen LogP contribution in [-0.2, 0) is 6.54 Å². The van der Waals surface area contributed by atoms with E-state index in [1.54, 1.807) is 0 Å². The van der Waals surface area contributed by atoms with Crippen LogP contribution in [-0.4, -0.2) is 0 Å². The fourth-order valence-corrected chi connectivity index (χ4v) is 0.984. The summed E-state index contributed by atoms with van der Waals surface area (Å²) in [6, 6.07) is 1.84. The van der Waals surface area contributed by atoms with Gasteiger partial charge in [0.1, 0.15) is 0 Å². The van der Waals surface area contributed by atoms with E-state index in [4.69, 9.17) is 0 Å². The highest BCUT2D eigenvalue weighted by molar-refractivity contribution is 7.78. The standard InChI is InChI=1S/C7H6F3NS/c8-5-1-4(3-11-12)2-6(9)7(5)10/h1-2,11-12H,3H2. The molecule has 0 aliphatic rings. The maximum atomic E-state index is 12.5. The summed E-state index contributed by atoms with van der Waals surface area (Å²) in [7, 11) is 0. The molecule has 0 bridgehead atoms. The number of hydrogen-bond acceptors (Lipinski definition) is 2. The second-order valence-corrected chi connectivity index (χ2v) is 2.52. The fraction of sp³-hybridized carbons (Fsp3) is 0.143. The van der Waals surface area contributed by atoms with Crippen LogP contribution in [0.2, 0.25) is 0 Å². The summed E-state index contributed by atoms with van der Waals surface area (Å²) in [5, 5.41) is 0. The molecule has 0 radical (unpaired) electrons. The Morgan fingerprint density at radius 2 is 1.67 bits per heavy atom. The van der Waals surface area contributed by atoms with E-state index in [9.17, 15) is 13.2 Å². The van der Waals surface area contributed by atoms with Crippen LogP contribution in [0, 0.1) is 17.5 Å². The molecule has 1 aromatic rings. The van der Waals surface area contributed by atoms with Gasteiger partial charge in [-0.05, 0) is 17.7 Å². The van der Waals surface area contributed by atoms with Crippen LogP contribution in [0.4, 0.5) is 13.2 Å². The number of thiol groups is 1. The predicted molar refractivity (Wildman–Crippen MR) is 42.1 cm³/mol. The zero-order valence-corrected chi connectivity index (χ0v) is 6.84. The minimum atomic E-state index is -1.45. The van der Waals surface area contributed by atoms with E-state index in [0.717, 1.165) is 12.1 Å². The second-order valence-electron chi connectivity index (χ2n) is 2.21. The van der Waals surface area contributed by atoms with Crippen molar-refractivity contribution in [1.29, 1.82) is 0 Å². The Bertz CT molecular complexity index is 267. The third-order valence-electron chi connectivity index (χ3n) is 1.33. The lowest BCUT2D eigenvalue weighted by Gasteiger charge is -2.00. The van der Waals surface area contributed by atoms with Crippen LogP contribution in [0.1, 0.15) is 5.56 Å². The molecule has 0 saturated heterocycles. The first-order chi connectivity index (χ1) is 5.65. The molecule has 1 rings (SSSR count). The molecule has 0 aliphatic carbocycles. The van der Waals surface area contributed by atoms with Crippen molar-refractivity contribution in [2.24, 2.45) is 0 Å². The molecule has 1 N–H and O–H groups in total. The van der Waals surface area contributed by atoms with Gasteiger partial charge in [0, 0.05) is 6.54 Å². The number of hydrogen-bond donors (Lipinski definition) is 2. The molecule has 0 aliphatic heterocycles. The fourth-order valence-electron chi connectivity index (χ4n) is 0.801. The minimum Gasteiger partial charge on any atom is -0.262 e. The van der Waals surface area contributed by atoms with Crippen molar-refractivity contribution in [1.82, 2.24) is 4.72 Å². The molecule has 0 aromatic heterocycles. The van der Waals surface area contributed by atoms with Crippen molar-refractivity contribution in [3.05, 3.63) is 35.1 Å². The number of rotatable bonds is 2. The quantitative estimate of drug-likeness (QED) is 0.541. The third kappa shape index (κ3) is 1.92. The summed E-state index contributed by atoms with van der Waals surface area (Å²) in [6.07, 6.45) is 0. The topological polar surface area (TPSA) is 12.0 Å². The van der Waals surface area contributed by atoms with Gasteiger partial charge >= 0.3 is 0 Å². The first kappa shape index (κ1) is 9.41. The SMILES string of the molecule is Fc1cc(CNS)cc(F)c1F. The molecule has 0 atom stereocenters. The van der Waals surface area contributed by atoms with Gasteiger partial charge in [0.15, 0.2) is 17.5 Å². The van der Waals surface area contributed by atoms with E-state index in [0.29, 0.717) is 5.56 Å². The summed E-state index contributed by atoms with van der Waals surface area (Å²) < 4.78 is 39.7. The third-order valence-corrected chi connectivity index (χ3v) is 1.48. The Balaban J connectivity index is 3.04. The Morgan fingerprint density at radius 1 is 1.17 bits per heavy atom. The summed E-state index contributed by atoms with van der Waals surface area (Å²) in [5.41, 5.74) is 0.307. The normalized spacial score (nSPS) is 10.3. The van der Waals surface area contributed by atoms with Crippen molar-refractivity contribution in [3.8, 4) is 0 Å². The highest BCUT2D eigenvalue weighted by Crippen LogP contribution is 2.13. The molecule has 0 saturated carbocycles. The van der Waals surface area contributed by atoms with E-state index >= 15 is 0 Å². The van der Waals surface area contributed by atoms with Crippen LogP contribution in [0.3, 0.4) is 0 Å². The lowest BCUT2D eigenvalue weighted by atomic mass is 10.2. The van der Waals surface area contributed by atoms with Gasteiger partial charge in [-0.15, -0.1) is 0 Å². The summed E-state index contributed by atoms with van der Waals surface area (Å²) >= 11 is 3.64. The Hall–Kier alpha value is -0.680. The van der Waals surface area contributed by atoms with Crippen molar-refractivity contribution < 1.29 is 13.2 Å². The Morgan fingerprint density at radius 3 is 2.08 bits per heavy atom. The first-order valence-corrected chi connectivity index (χ1v) is 3.60. The average Bonchev–Trinajstić information content (AvgIpc) is 2.01. The van der Waals surface area contributed by atoms with Gasteiger partial charge in [-0.1, -0.05) is 12.8 Å². The van der Waals surface area contributed by atoms with E-state index in [1.165, 1.54) is 0 Å². The predicted octanol–water partition coefficient (Wildman–Crippen LogP) is 2.04. The summed E-state index contributed by atoms with van der Waals surface area (Å²) in [6.45, 7) is 0.178. The van der Waals surface area contributed by atoms with Gasteiger partial charge in [-0.3, -0.25) is 4.72 Å². The van der Waals surface area contributed by atoms with Crippen LogP contribution < -0.4 is 4.72 Å². The molecule has 66 valence electrons. The Kier molecular flexibility index (Phi) is 2.99. The lowest BCUT2D eigenvalue weighted by Crippen LogP contribution is -2.01. The Labute approximate surface area is 73.1 Å². The molecule has 5 heteroatoms. The molecule has 1 aromatic carbocycles. The zero-order valence-electron chi connectivity index (χ0n) is 5.94. The molecule has 1 nitrogen and oxygen atoms in total. The van der Waals surface area contributed by atoms with Crippen molar-refractivity contribution in [2.45, 2.75) is 6.54 Å². The van der Waals surface area contributed by atoms with Crippen molar-refractivity contribution in [2.75, 3.05) is 0 Å². The van der Waals surface area contributed by atoms with Crippen LogP contribution in [0.5, 0.6) is 0 Å². The molecule has 0 spiro atoms. The molecule has 12 heavy (non-hydrogen) atoms. The van der Waals surface area contributed by atoms with Gasteiger partial charge in [0.2, 0.25) is 0 Å². The summed E-state index contributed by atoms with van der Waals surface area (Å²) in [4.78, 5) is 0. The van der Waals surface area contributed by atoms with Gasteiger partial charge in [0.05, 0.1) is 0 Å². The van der Waals surface area contributed by atoms with Crippen molar-refractivity contribution in [3.63, 3.8) is 0 Å². The van der Waals surface area contributed by atoms with E-state index in [1.807, 2.05) is 0 Å². The maximum absolute atomic E-state index is 12.5. The van der Waals surface area contributed by atoms with E-state index in [-0.39, 0.29) is 6.54 Å². The van der Waals surface area contributed by atoms with Crippen LogP contribution in [0.25, 0.3) is 0 Å². The molecule has 0 heterocycles. The lowest BCUT2D eigenvalue weighted by molar-refractivity contribution is 0.445. The smallest absolute Gasteiger partial charge is 0.194 e. The van der Waals surface area contributed by atoms with Gasteiger partial charge in [0.25, 0.3) is 0 Å². The molecular formula is C7H6F3NS. The second kappa shape index (κ2) is 3.82. The number of nitrogens with one attached hydrogen (secondary N) is 1. The monoisotopic (exact) mass is 193 g/mol. The summed E-state index contributed by atoms with van der Waals surface area (Å²) in [5.74, 6) is -3.82. The molecular weight excluding hydrogens is 187 g/mol. The van der Waals surface area contributed by atoms with E-state index in [2.05, 4.69) is 17.5 Å². The van der Waals surface area contributed by atoms with Crippen LogP contribution in [0.15, 0.2) is 12.1 Å². The average molecular weight is 193 g/mol. The highest BCUT2D eigenvalue weighted by atomic mass is 32.1. The van der Waals surface area contributed by atoms with Gasteiger partial charge in [-0.25, -0.2) is 13.2 Å². The number of halogens is 3. The molecule has 0 amide bonds. The van der Waals surface area contributed by atoms with E-state index < -0.39 is 17.5 Å². The minimum absolute atomic E-state index is 0.178. The maximum Gasteiger partial charge on any atom is 0.194 e. The zero-order chi connectivity index (χ0) is 9.14. The largest absolute Gasteiger partial charge is 0.262 e. The van der Waals surface area contributed by atoms with Gasteiger partial charge in [-0.2, -0.15) is 0 Å². The first-order valence-electron chi connectivity index (χ1n) is 3.15. The highest BCUT2D eigenvalue weighted by Gasteiger charge is 2.09. The van der Waals surface area contributed by atoms with Crippen molar-refractivity contribution >= 4 is 12.8 Å². The molecule has 0 unspecified atom stereocenters. The van der Waals surface area contributed by atoms with Crippen LogP contribution >= 0.6 is 12.8 Å². The van der Waals surface area contributed by atoms with Gasteiger partial charge < -0.3 is 0 Å². The number of benzene rings is 1. The molecule has 0 fully saturated rings.